The minimum atomic E-state index is -0.234. The molecule has 1 aromatic carbocycles. The van der Waals surface area contributed by atoms with Crippen molar-refractivity contribution in [3.63, 3.8) is 0 Å². The predicted octanol–water partition coefficient (Wildman–Crippen LogP) is 2.83. The Morgan fingerprint density at radius 3 is 2.57 bits per heavy atom. The van der Waals surface area contributed by atoms with Crippen LogP contribution in [0.5, 0.6) is 0 Å². The number of nitrogens with one attached hydrogen (secondary N) is 2. The van der Waals surface area contributed by atoms with E-state index in [1.807, 2.05) is 30.3 Å². The van der Waals surface area contributed by atoms with E-state index in [1.54, 1.807) is 19.5 Å². The van der Waals surface area contributed by atoms with Crippen LogP contribution in [0.1, 0.15) is 19.3 Å². The Morgan fingerprint density at radius 2 is 1.91 bits per heavy atom. The Labute approximate surface area is 135 Å². The van der Waals surface area contributed by atoms with Crippen molar-refractivity contribution in [1.82, 2.24) is 15.3 Å². The number of nitrogens with zero attached hydrogens (tertiary/aromatic N) is 2. The summed E-state index contributed by atoms with van der Waals surface area (Å²) in [7, 11) is 1.71. The number of ether oxygens (including phenoxy) is 1. The molecule has 2 amide bonds. The zero-order valence-corrected chi connectivity index (χ0v) is 13.0. The molecule has 1 fully saturated rings. The maximum absolute atomic E-state index is 12.0. The highest BCUT2D eigenvalue weighted by molar-refractivity contribution is 5.89. The molecular formula is C17H20N4O2. The number of benzene rings is 1. The molecule has 1 aliphatic rings. The molecule has 0 aliphatic heterocycles. The molecule has 1 aliphatic carbocycles. The van der Waals surface area contributed by atoms with Crippen LogP contribution in [0.4, 0.5) is 10.5 Å². The Hall–Kier alpha value is -2.47. The van der Waals surface area contributed by atoms with E-state index in [1.165, 1.54) is 0 Å². The predicted molar refractivity (Wildman–Crippen MR) is 88.1 cm³/mol. The summed E-state index contributed by atoms with van der Waals surface area (Å²) in [5.41, 5.74) is 1.52. The standard InChI is InChI=1S/C17H20N4O2/c1-23-15-8-7-13(9-15)20-17(22)21-14-10-18-16(19-11-14)12-5-3-2-4-6-12/h2-6,10-11,13,15H,7-9H2,1H3,(H2,20,21,22)/t13-,15-/m0/s1. The quantitative estimate of drug-likeness (QED) is 0.910. The van der Waals surface area contributed by atoms with E-state index >= 15 is 0 Å². The molecule has 1 heterocycles. The smallest absolute Gasteiger partial charge is 0.319 e. The second-order valence-electron chi connectivity index (χ2n) is 5.63. The van der Waals surface area contributed by atoms with Gasteiger partial charge in [-0.3, -0.25) is 0 Å². The van der Waals surface area contributed by atoms with Crippen molar-refractivity contribution in [1.29, 1.82) is 0 Å². The molecule has 0 bridgehead atoms. The Balaban J connectivity index is 1.55. The first-order valence-corrected chi connectivity index (χ1v) is 7.72. The number of urea groups is 1. The zero-order chi connectivity index (χ0) is 16.1. The van der Waals surface area contributed by atoms with E-state index < -0.39 is 0 Å². The van der Waals surface area contributed by atoms with E-state index in [-0.39, 0.29) is 18.2 Å². The van der Waals surface area contributed by atoms with Crippen LogP contribution in [0.25, 0.3) is 11.4 Å². The monoisotopic (exact) mass is 312 g/mol. The van der Waals surface area contributed by atoms with Gasteiger partial charge in [0.1, 0.15) is 0 Å². The molecule has 2 atom stereocenters. The highest BCUT2D eigenvalue weighted by Crippen LogP contribution is 2.21. The summed E-state index contributed by atoms with van der Waals surface area (Å²) in [6, 6.07) is 9.64. The maximum atomic E-state index is 12.0. The molecule has 3 rings (SSSR count). The highest BCUT2D eigenvalue weighted by Gasteiger charge is 2.25. The number of hydrogen-bond acceptors (Lipinski definition) is 4. The first kappa shape index (κ1) is 15.4. The Kier molecular flexibility index (Phi) is 4.83. The van der Waals surface area contributed by atoms with Crippen LogP contribution in [0.2, 0.25) is 0 Å². The number of methoxy groups -OCH3 is 1. The van der Waals surface area contributed by atoms with Crippen LogP contribution < -0.4 is 10.6 Å². The van der Waals surface area contributed by atoms with Crippen molar-refractivity contribution in [3.05, 3.63) is 42.7 Å². The van der Waals surface area contributed by atoms with Gasteiger partial charge in [-0.15, -0.1) is 0 Å². The van der Waals surface area contributed by atoms with Gasteiger partial charge < -0.3 is 15.4 Å². The number of amides is 2. The summed E-state index contributed by atoms with van der Waals surface area (Å²) in [5.74, 6) is 0.635. The summed E-state index contributed by atoms with van der Waals surface area (Å²) >= 11 is 0. The summed E-state index contributed by atoms with van der Waals surface area (Å²) in [4.78, 5) is 20.6. The number of aromatic nitrogens is 2. The molecule has 2 N–H and O–H groups in total. The van der Waals surface area contributed by atoms with Gasteiger partial charge in [0, 0.05) is 18.7 Å². The largest absolute Gasteiger partial charge is 0.381 e. The van der Waals surface area contributed by atoms with Gasteiger partial charge in [-0.25, -0.2) is 14.8 Å². The lowest BCUT2D eigenvalue weighted by molar-refractivity contribution is 0.107. The number of carbonyl (C=O) groups excluding carboxylic acids is 1. The summed E-state index contributed by atoms with van der Waals surface area (Å²) in [6.07, 6.45) is 6.25. The van der Waals surface area contributed by atoms with Crippen LogP contribution in [0, 0.1) is 0 Å². The topological polar surface area (TPSA) is 76.1 Å². The van der Waals surface area contributed by atoms with E-state index in [4.69, 9.17) is 4.74 Å². The van der Waals surface area contributed by atoms with Crippen LogP contribution in [-0.2, 0) is 4.74 Å². The average molecular weight is 312 g/mol. The summed E-state index contributed by atoms with van der Waals surface area (Å²) < 4.78 is 5.30. The van der Waals surface area contributed by atoms with E-state index in [2.05, 4.69) is 20.6 Å². The van der Waals surface area contributed by atoms with Crippen molar-refractivity contribution in [2.75, 3.05) is 12.4 Å². The zero-order valence-electron chi connectivity index (χ0n) is 13.0. The lowest BCUT2D eigenvalue weighted by Crippen LogP contribution is -2.36. The van der Waals surface area contributed by atoms with E-state index in [9.17, 15) is 4.79 Å². The fourth-order valence-electron chi connectivity index (χ4n) is 2.77. The van der Waals surface area contributed by atoms with Crippen molar-refractivity contribution < 1.29 is 9.53 Å². The van der Waals surface area contributed by atoms with Gasteiger partial charge in [-0.1, -0.05) is 30.3 Å². The summed E-state index contributed by atoms with van der Waals surface area (Å²) in [5, 5.41) is 5.72. The second-order valence-corrected chi connectivity index (χ2v) is 5.63. The van der Waals surface area contributed by atoms with Crippen LogP contribution in [0.3, 0.4) is 0 Å². The first-order chi connectivity index (χ1) is 11.2. The fourth-order valence-corrected chi connectivity index (χ4v) is 2.77. The van der Waals surface area contributed by atoms with Gasteiger partial charge in [0.15, 0.2) is 5.82 Å². The van der Waals surface area contributed by atoms with Gasteiger partial charge in [-0.05, 0) is 19.3 Å². The van der Waals surface area contributed by atoms with Crippen molar-refractivity contribution in [2.45, 2.75) is 31.4 Å². The molecule has 23 heavy (non-hydrogen) atoms. The van der Waals surface area contributed by atoms with Gasteiger partial charge >= 0.3 is 6.03 Å². The lowest BCUT2D eigenvalue weighted by atomic mass is 10.2. The molecule has 120 valence electrons. The van der Waals surface area contributed by atoms with Crippen molar-refractivity contribution in [2.24, 2.45) is 0 Å². The molecule has 2 aromatic rings. The third kappa shape index (κ3) is 4.04. The molecule has 0 spiro atoms. The molecule has 1 aromatic heterocycles. The molecule has 0 unspecified atom stereocenters. The molecule has 0 radical (unpaired) electrons. The van der Waals surface area contributed by atoms with Gasteiger partial charge in [0.25, 0.3) is 0 Å². The number of carbonyl (C=O) groups is 1. The molecule has 6 nitrogen and oxygen atoms in total. The van der Waals surface area contributed by atoms with Gasteiger partial charge in [0.2, 0.25) is 0 Å². The number of anilines is 1. The normalized spacial score (nSPS) is 20.2. The van der Waals surface area contributed by atoms with Crippen LogP contribution in [0.15, 0.2) is 42.7 Å². The van der Waals surface area contributed by atoms with Crippen LogP contribution in [-0.4, -0.2) is 35.3 Å². The molecule has 1 saturated carbocycles. The third-order valence-corrected chi connectivity index (χ3v) is 3.99. The minimum absolute atomic E-state index is 0.157. The van der Waals surface area contributed by atoms with Gasteiger partial charge in [0.05, 0.1) is 24.2 Å². The molecular weight excluding hydrogens is 292 g/mol. The van der Waals surface area contributed by atoms with Gasteiger partial charge in [-0.2, -0.15) is 0 Å². The third-order valence-electron chi connectivity index (χ3n) is 3.99. The van der Waals surface area contributed by atoms with Crippen LogP contribution >= 0.6 is 0 Å². The van der Waals surface area contributed by atoms with Crippen molar-refractivity contribution in [3.8, 4) is 11.4 Å². The molecule has 6 heteroatoms. The summed E-state index contributed by atoms with van der Waals surface area (Å²) in [6.45, 7) is 0. The Bertz CT molecular complexity index is 645. The second kappa shape index (κ2) is 7.19. The van der Waals surface area contributed by atoms with E-state index in [0.717, 1.165) is 24.8 Å². The van der Waals surface area contributed by atoms with Crippen molar-refractivity contribution >= 4 is 11.7 Å². The number of rotatable bonds is 4. The average Bonchev–Trinajstić information content (AvgIpc) is 3.04. The lowest BCUT2D eigenvalue weighted by Gasteiger charge is -2.13. The first-order valence-electron chi connectivity index (χ1n) is 7.72. The molecule has 0 saturated heterocycles. The Morgan fingerprint density at radius 1 is 1.17 bits per heavy atom. The fraction of sp³-hybridized carbons (Fsp3) is 0.353. The number of hydrogen-bond donors (Lipinski definition) is 2. The SMILES string of the molecule is CO[C@H]1CC[C@H](NC(=O)Nc2cnc(-c3ccccc3)nc2)C1. The maximum Gasteiger partial charge on any atom is 0.319 e. The van der Waals surface area contributed by atoms with E-state index in [0.29, 0.717) is 11.5 Å². The minimum Gasteiger partial charge on any atom is -0.381 e. The highest BCUT2D eigenvalue weighted by atomic mass is 16.5.